The van der Waals surface area contributed by atoms with Gasteiger partial charge < -0.3 is 10.5 Å². The molecular formula is C13H19NOS. The first-order valence-electron chi connectivity index (χ1n) is 5.90. The summed E-state index contributed by atoms with van der Waals surface area (Å²) in [6, 6.07) is 8.53. The molecule has 0 saturated carbocycles. The lowest BCUT2D eigenvalue weighted by Gasteiger charge is -2.11. The van der Waals surface area contributed by atoms with Gasteiger partial charge in [-0.05, 0) is 48.8 Å². The Balaban J connectivity index is 1.95. The van der Waals surface area contributed by atoms with Crippen LogP contribution in [-0.2, 0) is 0 Å². The van der Waals surface area contributed by atoms with Gasteiger partial charge in [0.1, 0.15) is 5.75 Å². The molecule has 1 heterocycles. The van der Waals surface area contributed by atoms with Crippen LogP contribution < -0.4 is 10.5 Å². The van der Waals surface area contributed by atoms with Crippen LogP contribution in [-0.4, -0.2) is 24.7 Å². The van der Waals surface area contributed by atoms with Crippen molar-refractivity contribution in [2.75, 3.05) is 24.7 Å². The van der Waals surface area contributed by atoms with E-state index in [0.29, 0.717) is 6.54 Å². The Kier molecular flexibility index (Phi) is 4.55. The van der Waals surface area contributed by atoms with Crippen molar-refractivity contribution in [2.24, 2.45) is 5.73 Å². The smallest absolute Gasteiger partial charge is 0.119 e. The van der Waals surface area contributed by atoms with Crippen molar-refractivity contribution in [1.29, 1.82) is 0 Å². The highest BCUT2D eigenvalue weighted by Gasteiger charge is 2.17. The van der Waals surface area contributed by atoms with Crippen molar-refractivity contribution in [3.8, 4) is 5.75 Å². The number of hydrogen-bond acceptors (Lipinski definition) is 3. The molecule has 0 aliphatic carbocycles. The minimum atomic E-state index is 0.693. The topological polar surface area (TPSA) is 35.2 Å². The van der Waals surface area contributed by atoms with E-state index in [2.05, 4.69) is 18.2 Å². The number of thioether (sulfide) groups is 1. The van der Waals surface area contributed by atoms with E-state index in [1.165, 1.54) is 23.5 Å². The standard InChI is InChI=1S/C13H19NOS/c14-6-2-7-15-13-4-1-3-11(9-13)12-5-8-16-10-12/h1,3-4,9,12H,2,5-8,10,14H2. The Morgan fingerprint density at radius 2 is 2.38 bits per heavy atom. The number of nitrogens with two attached hydrogens (primary N) is 1. The van der Waals surface area contributed by atoms with Crippen LogP contribution in [0.4, 0.5) is 0 Å². The Hall–Kier alpha value is -0.670. The molecule has 1 aromatic rings. The first-order valence-corrected chi connectivity index (χ1v) is 7.06. The minimum absolute atomic E-state index is 0.693. The highest BCUT2D eigenvalue weighted by atomic mass is 32.2. The maximum Gasteiger partial charge on any atom is 0.119 e. The molecule has 1 unspecified atom stereocenters. The summed E-state index contributed by atoms with van der Waals surface area (Å²) in [5, 5.41) is 0. The molecule has 1 atom stereocenters. The van der Waals surface area contributed by atoms with Crippen LogP contribution in [0.1, 0.15) is 24.3 Å². The van der Waals surface area contributed by atoms with E-state index in [-0.39, 0.29) is 0 Å². The van der Waals surface area contributed by atoms with Crippen LogP contribution in [0.2, 0.25) is 0 Å². The highest BCUT2D eigenvalue weighted by molar-refractivity contribution is 7.99. The molecule has 0 spiro atoms. The number of benzene rings is 1. The van der Waals surface area contributed by atoms with Gasteiger partial charge in [0.15, 0.2) is 0 Å². The van der Waals surface area contributed by atoms with Gasteiger partial charge in [-0.25, -0.2) is 0 Å². The third-order valence-corrected chi connectivity index (χ3v) is 4.04. The zero-order valence-electron chi connectivity index (χ0n) is 9.52. The lowest BCUT2D eigenvalue weighted by molar-refractivity contribution is 0.313. The minimum Gasteiger partial charge on any atom is -0.494 e. The molecule has 0 aromatic heterocycles. The zero-order chi connectivity index (χ0) is 11.2. The third-order valence-electron chi connectivity index (χ3n) is 2.88. The van der Waals surface area contributed by atoms with Crippen LogP contribution in [0.3, 0.4) is 0 Å². The predicted octanol–water partition coefficient (Wildman–Crippen LogP) is 2.63. The number of ether oxygens (including phenoxy) is 1. The second-order valence-electron chi connectivity index (χ2n) is 4.12. The van der Waals surface area contributed by atoms with Gasteiger partial charge in [-0.2, -0.15) is 11.8 Å². The molecule has 0 bridgehead atoms. The van der Waals surface area contributed by atoms with Crippen LogP contribution >= 0.6 is 11.8 Å². The van der Waals surface area contributed by atoms with Crippen molar-refractivity contribution in [3.05, 3.63) is 29.8 Å². The first kappa shape index (κ1) is 11.8. The lowest BCUT2D eigenvalue weighted by atomic mass is 9.99. The molecule has 0 radical (unpaired) electrons. The van der Waals surface area contributed by atoms with Gasteiger partial charge in [-0.3, -0.25) is 0 Å². The number of rotatable bonds is 5. The van der Waals surface area contributed by atoms with Gasteiger partial charge in [0.25, 0.3) is 0 Å². The molecule has 1 fully saturated rings. The van der Waals surface area contributed by atoms with E-state index in [4.69, 9.17) is 10.5 Å². The summed E-state index contributed by atoms with van der Waals surface area (Å²) in [6.45, 7) is 1.42. The van der Waals surface area contributed by atoms with Crippen LogP contribution in [0.5, 0.6) is 5.75 Å². The molecule has 1 saturated heterocycles. The maximum atomic E-state index is 5.66. The van der Waals surface area contributed by atoms with E-state index in [9.17, 15) is 0 Å². The van der Waals surface area contributed by atoms with Gasteiger partial charge >= 0.3 is 0 Å². The summed E-state index contributed by atoms with van der Waals surface area (Å²) >= 11 is 2.05. The van der Waals surface area contributed by atoms with Gasteiger partial charge in [-0.1, -0.05) is 12.1 Å². The van der Waals surface area contributed by atoms with Crippen LogP contribution in [0.25, 0.3) is 0 Å². The molecule has 2 rings (SSSR count). The van der Waals surface area contributed by atoms with Gasteiger partial charge in [0.05, 0.1) is 6.61 Å². The fourth-order valence-corrected chi connectivity index (χ4v) is 3.19. The highest BCUT2D eigenvalue weighted by Crippen LogP contribution is 2.33. The largest absolute Gasteiger partial charge is 0.494 e. The quantitative estimate of drug-likeness (QED) is 0.800. The number of hydrogen-bond donors (Lipinski definition) is 1. The molecule has 3 heteroatoms. The molecule has 88 valence electrons. The van der Waals surface area contributed by atoms with Crippen molar-refractivity contribution < 1.29 is 4.74 Å². The summed E-state index contributed by atoms with van der Waals surface area (Å²) in [4.78, 5) is 0. The fourth-order valence-electron chi connectivity index (χ4n) is 1.93. The van der Waals surface area contributed by atoms with Gasteiger partial charge in [0.2, 0.25) is 0 Å². The Morgan fingerprint density at radius 1 is 1.44 bits per heavy atom. The average Bonchev–Trinajstić information content (AvgIpc) is 2.83. The Bertz CT molecular complexity index is 323. The molecular weight excluding hydrogens is 218 g/mol. The normalized spacial score (nSPS) is 19.9. The lowest BCUT2D eigenvalue weighted by Crippen LogP contribution is -2.06. The molecule has 1 aromatic carbocycles. The SMILES string of the molecule is NCCCOc1cccc(C2CCSC2)c1. The van der Waals surface area contributed by atoms with Crippen molar-refractivity contribution in [1.82, 2.24) is 0 Å². The molecule has 2 nitrogen and oxygen atoms in total. The van der Waals surface area contributed by atoms with E-state index >= 15 is 0 Å². The molecule has 1 aliphatic rings. The summed E-state index contributed by atoms with van der Waals surface area (Å²) in [7, 11) is 0. The summed E-state index contributed by atoms with van der Waals surface area (Å²) in [5.41, 5.74) is 6.87. The first-order chi connectivity index (χ1) is 7.90. The molecule has 2 N–H and O–H groups in total. The van der Waals surface area contributed by atoms with E-state index < -0.39 is 0 Å². The fraction of sp³-hybridized carbons (Fsp3) is 0.538. The van der Waals surface area contributed by atoms with Crippen molar-refractivity contribution >= 4 is 11.8 Å². The van der Waals surface area contributed by atoms with E-state index in [1.54, 1.807) is 0 Å². The third kappa shape index (κ3) is 3.16. The second kappa shape index (κ2) is 6.16. The second-order valence-corrected chi connectivity index (χ2v) is 5.27. The maximum absolute atomic E-state index is 5.66. The van der Waals surface area contributed by atoms with E-state index in [1.807, 2.05) is 17.8 Å². The average molecular weight is 237 g/mol. The van der Waals surface area contributed by atoms with Crippen LogP contribution in [0.15, 0.2) is 24.3 Å². The summed E-state index contributed by atoms with van der Waals surface area (Å²) in [5.74, 6) is 4.26. The monoisotopic (exact) mass is 237 g/mol. The Labute approximate surface area is 102 Å². The van der Waals surface area contributed by atoms with Crippen molar-refractivity contribution in [2.45, 2.75) is 18.8 Å². The molecule has 0 amide bonds. The molecule has 1 aliphatic heterocycles. The predicted molar refractivity (Wildman–Crippen MR) is 70.3 cm³/mol. The Morgan fingerprint density at radius 3 is 3.12 bits per heavy atom. The van der Waals surface area contributed by atoms with Crippen LogP contribution in [0, 0.1) is 0 Å². The van der Waals surface area contributed by atoms with E-state index in [0.717, 1.165) is 24.7 Å². The van der Waals surface area contributed by atoms with Gasteiger partial charge in [-0.15, -0.1) is 0 Å². The summed E-state index contributed by atoms with van der Waals surface area (Å²) in [6.07, 6.45) is 2.22. The zero-order valence-corrected chi connectivity index (χ0v) is 10.3. The summed E-state index contributed by atoms with van der Waals surface area (Å²) < 4.78 is 5.66. The van der Waals surface area contributed by atoms with Crippen molar-refractivity contribution in [3.63, 3.8) is 0 Å². The molecule has 16 heavy (non-hydrogen) atoms. The van der Waals surface area contributed by atoms with Gasteiger partial charge in [0, 0.05) is 5.75 Å².